The molecule has 4 atom stereocenters. The van der Waals surface area contributed by atoms with Crippen molar-refractivity contribution in [2.24, 2.45) is 11.7 Å². The number of carboxylic acids is 2. The van der Waals surface area contributed by atoms with E-state index in [1.165, 1.54) is 0 Å². The van der Waals surface area contributed by atoms with Crippen molar-refractivity contribution in [1.29, 1.82) is 0 Å². The molecule has 1 fully saturated rings. The Morgan fingerprint density at radius 2 is 1.79 bits per heavy atom. The third-order valence-electron chi connectivity index (χ3n) is 3.57. The highest BCUT2D eigenvalue weighted by Gasteiger charge is 2.58. The summed E-state index contributed by atoms with van der Waals surface area (Å²) >= 11 is 5.53. The van der Waals surface area contributed by atoms with Gasteiger partial charge in [0.15, 0.2) is 5.60 Å². The quantitative estimate of drug-likeness (QED) is 0.436. The van der Waals surface area contributed by atoms with Crippen molar-refractivity contribution < 1.29 is 30.0 Å². The number of rotatable bonds is 4. The standard InChI is InChI=1S/C10H16ClNO6.ClH/c11-2-1-5-3-9(18,7(14)15)4-6(13)10(5,12)8(16)17;/h5-6,13,18H,1-4,12H2,(H,14,15)(H,16,17);1H/t5-,6+,9-,10+;/m0./s1. The lowest BCUT2D eigenvalue weighted by Gasteiger charge is -2.46. The molecule has 0 heterocycles. The third-order valence-corrected chi connectivity index (χ3v) is 3.79. The number of hydrogen-bond donors (Lipinski definition) is 5. The van der Waals surface area contributed by atoms with Gasteiger partial charge >= 0.3 is 11.9 Å². The van der Waals surface area contributed by atoms with Crippen LogP contribution in [0.1, 0.15) is 19.3 Å². The maximum atomic E-state index is 11.2. The molecule has 1 rings (SSSR count). The Bertz CT molecular complexity index is 368. The van der Waals surface area contributed by atoms with Crippen molar-refractivity contribution in [3.8, 4) is 0 Å². The molecule has 0 amide bonds. The van der Waals surface area contributed by atoms with E-state index in [0.29, 0.717) is 0 Å². The van der Waals surface area contributed by atoms with E-state index in [4.69, 9.17) is 27.5 Å². The number of aliphatic hydroxyl groups is 2. The minimum atomic E-state index is -2.17. The fourth-order valence-electron chi connectivity index (χ4n) is 2.39. The average molecular weight is 318 g/mol. The van der Waals surface area contributed by atoms with Crippen molar-refractivity contribution in [1.82, 2.24) is 0 Å². The summed E-state index contributed by atoms with van der Waals surface area (Å²) in [4.78, 5) is 22.2. The van der Waals surface area contributed by atoms with Crippen LogP contribution in [0.3, 0.4) is 0 Å². The fourth-order valence-corrected chi connectivity index (χ4v) is 2.65. The van der Waals surface area contributed by atoms with Crippen molar-refractivity contribution in [3.05, 3.63) is 0 Å². The van der Waals surface area contributed by atoms with Crippen LogP contribution in [0, 0.1) is 5.92 Å². The van der Waals surface area contributed by atoms with Crippen LogP contribution in [0.4, 0.5) is 0 Å². The van der Waals surface area contributed by atoms with Crippen LogP contribution in [-0.2, 0) is 9.59 Å². The van der Waals surface area contributed by atoms with Crippen LogP contribution < -0.4 is 5.73 Å². The van der Waals surface area contributed by atoms with Gasteiger partial charge in [0.1, 0.15) is 5.54 Å². The summed E-state index contributed by atoms with van der Waals surface area (Å²) < 4.78 is 0. The molecule has 0 saturated heterocycles. The van der Waals surface area contributed by atoms with E-state index < -0.39 is 41.5 Å². The normalized spacial score (nSPS) is 38.3. The monoisotopic (exact) mass is 317 g/mol. The maximum Gasteiger partial charge on any atom is 0.335 e. The van der Waals surface area contributed by atoms with Gasteiger partial charge in [0.2, 0.25) is 0 Å². The molecule has 9 heteroatoms. The number of halogens is 2. The molecule has 0 spiro atoms. The second-order valence-corrected chi connectivity index (χ2v) is 5.05. The molecule has 0 aromatic heterocycles. The Morgan fingerprint density at radius 3 is 2.16 bits per heavy atom. The zero-order chi connectivity index (χ0) is 14.1. The largest absolute Gasteiger partial charge is 0.480 e. The highest BCUT2D eigenvalue weighted by atomic mass is 35.5. The molecule has 1 saturated carbocycles. The average Bonchev–Trinajstić information content (AvgIpc) is 2.25. The summed E-state index contributed by atoms with van der Waals surface area (Å²) in [6.45, 7) is 0. The molecule has 1 aliphatic rings. The predicted octanol–water partition coefficient (Wildman–Crippen LogP) is -0.594. The lowest BCUT2D eigenvalue weighted by Crippen LogP contribution is -2.69. The first-order valence-corrected chi connectivity index (χ1v) is 5.94. The Hall–Kier alpha value is -0.600. The SMILES string of the molecule is Cl.N[C@]1(C(=O)O)[C@@H](CCCl)C[C@@](O)(C(=O)O)C[C@H]1O. The topological polar surface area (TPSA) is 141 Å². The maximum absolute atomic E-state index is 11.2. The van der Waals surface area contributed by atoms with Crippen LogP contribution in [0.15, 0.2) is 0 Å². The summed E-state index contributed by atoms with van der Waals surface area (Å²) in [5.41, 5.74) is 1.52. The first-order chi connectivity index (χ1) is 8.18. The Kier molecular flexibility index (Phi) is 6.04. The van der Waals surface area contributed by atoms with E-state index in [2.05, 4.69) is 0 Å². The third kappa shape index (κ3) is 3.11. The van der Waals surface area contributed by atoms with Crippen LogP contribution in [0.2, 0.25) is 0 Å². The summed E-state index contributed by atoms with van der Waals surface area (Å²) in [5.74, 6) is -3.80. The lowest BCUT2D eigenvalue weighted by molar-refractivity contribution is -0.182. The zero-order valence-electron chi connectivity index (χ0n) is 9.95. The molecule has 0 bridgehead atoms. The second-order valence-electron chi connectivity index (χ2n) is 4.67. The van der Waals surface area contributed by atoms with E-state index in [0.717, 1.165) is 0 Å². The smallest absolute Gasteiger partial charge is 0.335 e. The predicted molar refractivity (Wildman–Crippen MR) is 68.5 cm³/mol. The molecule has 0 radical (unpaired) electrons. The van der Waals surface area contributed by atoms with E-state index in [-0.39, 0.29) is 31.1 Å². The lowest BCUT2D eigenvalue weighted by atomic mass is 9.64. The molecule has 0 unspecified atom stereocenters. The number of aliphatic hydroxyl groups excluding tert-OH is 1. The van der Waals surface area contributed by atoms with E-state index in [1.807, 2.05) is 0 Å². The number of hydrogen-bond acceptors (Lipinski definition) is 5. The van der Waals surface area contributed by atoms with E-state index in [9.17, 15) is 19.8 Å². The van der Waals surface area contributed by atoms with Crippen molar-refractivity contribution >= 4 is 35.9 Å². The van der Waals surface area contributed by atoms with Gasteiger partial charge in [-0.05, 0) is 18.8 Å². The molecule has 0 aromatic rings. The minimum absolute atomic E-state index is 0. The van der Waals surface area contributed by atoms with Crippen molar-refractivity contribution in [2.75, 3.05) is 5.88 Å². The Balaban J connectivity index is 0.00000324. The Labute approximate surface area is 120 Å². The molecular formula is C10H17Cl2NO6. The number of aliphatic carboxylic acids is 2. The zero-order valence-corrected chi connectivity index (χ0v) is 11.5. The van der Waals surface area contributed by atoms with Crippen LogP contribution in [-0.4, -0.2) is 55.5 Å². The molecule has 6 N–H and O–H groups in total. The van der Waals surface area contributed by atoms with Gasteiger partial charge in [-0.25, -0.2) is 4.79 Å². The molecule has 19 heavy (non-hydrogen) atoms. The van der Waals surface area contributed by atoms with Gasteiger partial charge in [-0.3, -0.25) is 4.79 Å². The molecule has 112 valence electrons. The highest BCUT2D eigenvalue weighted by molar-refractivity contribution is 6.17. The minimum Gasteiger partial charge on any atom is -0.480 e. The van der Waals surface area contributed by atoms with Gasteiger partial charge < -0.3 is 26.2 Å². The first kappa shape index (κ1) is 18.4. The van der Waals surface area contributed by atoms with Gasteiger partial charge in [-0.15, -0.1) is 24.0 Å². The van der Waals surface area contributed by atoms with Crippen LogP contribution >= 0.6 is 24.0 Å². The van der Waals surface area contributed by atoms with Crippen LogP contribution in [0.5, 0.6) is 0 Å². The summed E-state index contributed by atoms with van der Waals surface area (Å²) in [6.07, 6.45) is -2.53. The fraction of sp³-hybridized carbons (Fsp3) is 0.800. The van der Waals surface area contributed by atoms with Gasteiger partial charge in [0, 0.05) is 12.3 Å². The number of carbonyl (C=O) groups is 2. The molecule has 0 aromatic carbocycles. The van der Waals surface area contributed by atoms with Crippen LogP contribution in [0.25, 0.3) is 0 Å². The summed E-state index contributed by atoms with van der Waals surface area (Å²) in [7, 11) is 0. The van der Waals surface area contributed by atoms with E-state index >= 15 is 0 Å². The number of nitrogens with two attached hydrogens (primary N) is 1. The van der Waals surface area contributed by atoms with Crippen molar-refractivity contribution in [3.63, 3.8) is 0 Å². The molecule has 1 aliphatic carbocycles. The first-order valence-electron chi connectivity index (χ1n) is 5.40. The summed E-state index contributed by atoms with van der Waals surface area (Å²) in [6, 6.07) is 0. The van der Waals surface area contributed by atoms with Gasteiger partial charge in [0.25, 0.3) is 0 Å². The van der Waals surface area contributed by atoms with Gasteiger partial charge in [0.05, 0.1) is 6.10 Å². The highest BCUT2D eigenvalue weighted by Crippen LogP contribution is 2.40. The number of alkyl halides is 1. The van der Waals surface area contributed by atoms with Gasteiger partial charge in [-0.1, -0.05) is 0 Å². The van der Waals surface area contributed by atoms with E-state index in [1.54, 1.807) is 0 Å². The Morgan fingerprint density at radius 1 is 1.26 bits per heavy atom. The molecule has 0 aliphatic heterocycles. The molecule has 7 nitrogen and oxygen atoms in total. The second kappa shape index (κ2) is 6.23. The molecular weight excluding hydrogens is 301 g/mol. The van der Waals surface area contributed by atoms with Gasteiger partial charge in [-0.2, -0.15) is 0 Å². The summed E-state index contributed by atoms with van der Waals surface area (Å²) in [5, 5.41) is 37.7. The van der Waals surface area contributed by atoms with Crippen molar-refractivity contribution in [2.45, 2.75) is 36.5 Å². The number of carboxylic acid groups (broad SMARTS) is 2.